The molecule has 0 spiro atoms. The van der Waals surface area contributed by atoms with Crippen molar-refractivity contribution in [3.05, 3.63) is 82.6 Å². The summed E-state index contributed by atoms with van der Waals surface area (Å²) in [6.07, 6.45) is 1.52. The highest BCUT2D eigenvalue weighted by atomic mass is 35.5. The fourth-order valence-corrected chi connectivity index (χ4v) is 3.78. The number of amides is 2. The second kappa shape index (κ2) is 8.76. The molecule has 0 aliphatic carbocycles. The van der Waals surface area contributed by atoms with E-state index >= 15 is 0 Å². The Kier molecular flexibility index (Phi) is 5.91. The van der Waals surface area contributed by atoms with Crippen molar-refractivity contribution < 1.29 is 14.0 Å². The molecule has 6 heteroatoms. The van der Waals surface area contributed by atoms with Crippen molar-refractivity contribution in [2.45, 2.75) is 25.9 Å². The molecule has 0 N–H and O–H groups in total. The van der Waals surface area contributed by atoms with Gasteiger partial charge < -0.3 is 14.2 Å². The molecule has 0 radical (unpaired) electrons. The van der Waals surface area contributed by atoms with Crippen LogP contribution in [-0.4, -0.2) is 35.2 Å². The normalized spacial score (nSPS) is 13.7. The molecular formula is C24H23ClN2O3. The summed E-state index contributed by atoms with van der Waals surface area (Å²) in [4.78, 5) is 28.2. The summed E-state index contributed by atoms with van der Waals surface area (Å²) in [5.74, 6) is 1.53. The number of nitrogens with zero attached hydrogens (tertiary/aromatic N) is 2. The first-order valence-electron chi connectivity index (χ1n) is 9.96. The van der Waals surface area contributed by atoms with Gasteiger partial charge in [0.05, 0.1) is 6.54 Å². The molecule has 1 saturated heterocycles. The molecule has 3 aromatic rings. The van der Waals surface area contributed by atoms with Crippen LogP contribution in [0.25, 0.3) is 11.3 Å². The predicted molar refractivity (Wildman–Crippen MR) is 116 cm³/mol. The Morgan fingerprint density at radius 2 is 1.93 bits per heavy atom. The highest BCUT2D eigenvalue weighted by Crippen LogP contribution is 2.24. The lowest BCUT2D eigenvalue weighted by atomic mass is 10.1. The highest BCUT2D eigenvalue weighted by Gasteiger charge is 2.21. The second-order valence-electron chi connectivity index (χ2n) is 7.55. The van der Waals surface area contributed by atoms with Crippen LogP contribution in [0.3, 0.4) is 0 Å². The zero-order valence-corrected chi connectivity index (χ0v) is 17.6. The van der Waals surface area contributed by atoms with Crippen LogP contribution in [0.4, 0.5) is 0 Å². The minimum atomic E-state index is -0.0889. The fraction of sp³-hybridized carbons (Fsp3) is 0.250. The van der Waals surface area contributed by atoms with Gasteiger partial charge in [-0.1, -0.05) is 23.7 Å². The molecule has 154 valence electrons. The Bertz CT molecular complexity index is 1060. The summed E-state index contributed by atoms with van der Waals surface area (Å²) in [5, 5.41) is 0.673. The zero-order valence-electron chi connectivity index (χ0n) is 16.8. The molecule has 4 rings (SSSR count). The molecular weight excluding hydrogens is 400 g/mol. The number of hydrogen-bond acceptors (Lipinski definition) is 3. The maximum Gasteiger partial charge on any atom is 0.254 e. The maximum absolute atomic E-state index is 12.9. The molecule has 1 fully saturated rings. The number of furan rings is 1. The minimum Gasteiger partial charge on any atom is -0.459 e. The summed E-state index contributed by atoms with van der Waals surface area (Å²) < 4.78 is 5.91. The topological polar surface area (TPSA) is 53.8 Å². The molecule has 5 nitrogen and oxygen atoms in total. The van der Waals surface area contributed by atoms with Gasteiger partial charge in [0.15, 0.2) is 0 Å². The monoisotopic (exact) mass is 422 g/mol. The first-order valence-corrected chi connectivity index (χ1v) is 10.3. The Hall–Kier alpha value is -3.05. The van der Waals surface area contributed by atoms with Gasteiger partial charge in [0.25, 0.3) is 5.91 Å². The molecule has 2 heterocycles. The van der Waals surface area contributed by atoms with E-state index in [4.69, 9.17) is 16.0 Å². The van der Waals surface area contributed by atoms with E-state index in [1.54, 1.807) is 18.0 Å². The van der Waals surface area contributed by atoms with E-state index < -0.39 is 0 Å². The van der Waals surface area contributed by atoms with Gasteiger partial charge in [-0.05, 0) is 60.5 Å². The Morgan fingerprint density at radius 3 is 2.67 bits per heavy atom. The number of benzene rings is 2. The smallest absolute Gasteiger partial charge is 0.254 e. The van der Waals surface area contributed by atoms with Crippen LogP contribution >= 0.6 is 11.6 Å². The van der Waals surface area contributed by atoms with Crippen LogP contribution in [0.2, 0.25) is 5.02 Å². The van der Waals surface area contributed by atoms with Gasteiger partial charge in [-0.2, -0.15) is 0 Å². The third kappa shape index (κ3) is 4.57. The molecule has 0 atom stereocenters. The number of likely N-dealkylation sites (tertiary alicyclic amines) is 1. The molecule has 1 aliphatic heterocycles. The van der Waals surface area contributed by atoms with Gasteiger partial charge in [0.2, 0.25) is 5.91 Å². The largest absolute Gasteiger partial charge is 0.459 e. The number of halogens is 1. The molecule has 1 aliphatic rings. The third-order valence-corrected chi connectivity index (χ3v) is 5.50. The van der Waals surface area contributed by atoms with Gasteiger partial charge in [-0.15, -0.1) is 0 Å². The Morgan fingerprint density at radius 1 is 1.13 bits per heavy atom. The van der Waals surface area contributed by atoms with Crippen LogP contribution in [0.1, 0.15) is 34.5 Å². The molecule has 2 amide bonds. The second-order valence-corrected chi connectivity index (χ2v) is 7.99. The predicted octanol–water partition coefficient (Wildman–Crippen LogP) is 4.99. The summed E-state index contributed by atoms with van der Waals surface area (Å²) in [5.41, 5.74) is 2.50. The number of rotatable bonds is 6. The highest BCUT2D eigenvalue weighted by molar-refractivity contribution is 6.30. The van der Waals surface area contributed by atoms with Gasteiger partial charge >= 0.3 is 0 Å². The van der Waals surface area contributed by atoms with Gasteiger partial charge in [0, 0.05) is 42.7 Å². The van der Waals surface area contributed by atoms with E-state index in [0.29, 0.717) is 35.9 Å². The van der Waals surface area contributed by atoms with Crippen molar-refractivity contribution in [1.29, 1.82) is 0 Å². The minimum absolute atomic E-state index is 0.0889. The average molecular weight is 423 g/mol. The summed E-state index contributed by atoms with van der Waals surface area (Å²) in [6.45, 7) is 1.69. The lowest BCUT2D eigenvalue weighted by molar-refractivity contribution is -0.128. The Balaban J connectivity index is 1.42. The summed E-state index contributed by atoms with van der Waals surface area (Å²) in [6, 6.07) is 18.7. The number of hydrogen-bond donors (Lipinski definition) is 0. The third-order valence-electron chi connectivity index (χ3n) is 5.25. The van der Waals surface area contributed by atoms with Gasteiger partial charge in [0.1, 0.15) is 11.5 Å². The molecule has 0 unspecified atom stereocenters. The van der Waals surface area contributed by atoms with Crippen LogP contribution in [0, 0.1) is 0 Å². The molecule has 0 saturated carbocycles. The van der Waals surface area contributed by atoms with Crippen LogP contribution in [0.15, 0.2) is 65.1 Å². The van der Waals surface area contributed by atoms with Crippen LogP contribution < -0.4 is 0 Å². The van der Waals surface area contributed by atoms with Crippen LogP contribution in [-0.2, 0) is 17.9 Å². The van der Waals surface area contributed by atoms with Crippen molar-refractivity contribution in [3.63, 3.8) is 0 Å². The van der Waals surface area contributed by atoms with Crippen molar-refractivity contribution in [1.82, 2.24) is 9.80 Å². The Labute approximate surface area is 180 Å². The molecule has 0 bridgehead atoms. The van der Waals surface area contributed by atoms with Crippen molar-refractivity contribution in [2.24, 2.45) is 0 Å². The lowest BCUT2D eigenvalue weighted by Gasteiger charge is -2.18. The number of carbonyl (C=O) groups is 2. The first-order chi connectivity index (χ1) is 14.5. The summed E-state index contributed by atoms with van der Waals surface area (Å²) in [7, 11) is 1.75. The summed E-state index contributed by atoms with van der Waals surface area (Å²) >= 11 is 5.94. The fourth-order valence-electron chi connectivity index (χ4n) is 3.65. The molecule has 2 aromatic carbocycles. The maximum atomic E-state index is 12.9. The van der Waals surface area contributed by atoms with Gasteiger partial charge in [-0.3, -0.25) is 9.59 Å². The van der Waals surface area contributed by atoms with E-state index in [2.05, 4.69) is 0 Å². The number of carbonyl (C=O) groups excluding carboxylic acids is 2. The van der Waals surface area contributed by atoms with E-state index in [-0.39, 0.29) is 11.8 Å². The zero-order chi connectivity index (χ0) is 21.1. The van der Waals surface area contributed by atoms with Crippen molar-refractivity contribution >= 4 is 23.4 Å². The van der Waals surface area contributed by atoms with E-state index in [1.807, 2.05) is 59.5 Å². The standard InChI is InChI=1S/C24H23ClN2O3/c1-26(16-21-11-12-22(30-21)18-7-9-20(25)10-8-18)24(29)19-5-2-4-17(14-19)15-27-13-3-6-23(27)28/h2,4-5,7-12,14H,3,6,13,15-16H2,1H3. The van der Waals surface area contributed by atoms with Crippen molar-refractivity contribution in [2.75, 3.05) is 13.6 Å². The van der Waals surface area contributed by atoms with Gasteiger partial charge in [-0.25, -0.2) is 0 Å². The first kappa shape index (κ1) is 20.2. The van der Waals surface area contributed by atoms with E-state index in [0.717, 1.165) is 29.9 Å². The molecule has 1 aromatic heterocycles. The van der Waals surface area contributed by atoms with E-state index in [9.17, 15) is 9.59 Å². The quantitative estimate of drug-likeness (QED) is 0.562. The SMILES string of the molecule is CN(Cc1ccc(-c2ccc(Cl)cc2)o1)C(=O)c1cccc(CN2CCCC2=O)c1. The van der Waals surface area contributed by atoms with Crippen LogP contribution in [0.5, 0.6) is 0 Å². The lowest BCUT2D eigenvalue weighted by Crippen LogP contribution is -2.27. The van der Waals surface area contributed by atoms with E-state index in [1.165, 1.54) is 0 Å². The molecule has 30 heavy (non-hydrogen) atoms. The van der Waals surface area contributed by atoms with Crippen molar-refractivity contribution in [3.8, 4) is 11.3 Å². The average Bonchev–Trinajstić information content (AvgIpc) is 3.37.